The molecule has 0 amide bonds. The Morgan fingerprint density at radius 2 is 2.33 bits per heavy atom. The number of esters is 1. The summed E-state index contributed by atoms with van der Waals surface area (Å²) in [5.74, 6) is 0.309. The number of nitrogens with zero attached hydrogens (tertiary/aromatic N) is 3. The van der Waals surface area contributed by atoms with Crippen molar-refractivity contribution in [3.05, 3.63) is 40.3 Å². The molecule has 0 aromatic heterocycles. The highest BCUT2D eigenvalue weighted by molar-refractivity contribution is 5.77. The molecule has 0 radical (unpaired) electrons. The molecule has 0 aliphatic heterocycles. The van der Waals surface area contributed by atoms with Gasteiger partial charge in [-0.25, -0.2) is 4.79 Å². The molecular weight excluding hydrogens is 272 g/mol. The summed E-state index contributed by atoms with van der Waals surface area (Å²) < 4.78 is 10.4. The maximum absolute atomic E-state index is 11.9. The van der Waals surface area contributed by atoms with Gasteiger partial charge in [0.05, 0.1) is 13.7 Å². The second-order valence-electron chi connectivity index (χ2n) is 4.29. The molecule has 21 heavy (non-hydrogen) atoms. The Hall–Kier alpha value is -2.24. The number of ether oxygens (including phenoxy) is 2. The number of azide groups is 1. The third kappa shape index (κ3) is 5.72. The van der Waals surface area contributed by atoms with Crippen molar-refractivity contribution in [3.63, 3.8) is 0 Å². The normalized spacial score (nSPS) is 11.3. The molecule has 0 aliphatic rings. The van der Waals surface area contributed by atoms with Crippen molar-refractivity contribution in [1.82, 2.24) is 5.32 Å². The lowest BCUT2D eigenvalue weighted by atomic mass is 10.1. The monoisotopic (exact) mass is 292 g/mol. The summed E-state index contributed by atoms with van der Waals surface area (Å²) in [5, 5.41) is 6.43. The number of rotatable bonds is 9. The van der Waals surface area contributed by atoms with Crippen molar-refractivity contribution in [2.24, 2.45) is 5.11 Å². The maximum Gasteiger partial charge on any atom is 0.327 e. The number of methoxy groups -OCH3 is 1. The molecule has 7 nitrogen and oxygen atoms in total. The molecule has 0 fully saturated rings. The summed E-state index contributed by atoms with van der Waals surface area (Å²) >= 11 is 0. The van der Waals surface area contributed by atoms with E-state index in [-0.39, 0.29) is 6.54 Å². The number of carbonyl (C=O) groups excluding carboxylic acids is 1. The van der Waals surface area contributed by atoms with E-state index in [1.807, 2.05) is 25.1 Å². The van der Waals surface area contributed by atoms with Crippen LogP contribution in [0.3, 0.4) is 0 Å². The fourth-order valence-electron chi connectivity index (χ4n) is 1.76. The lowest BCUT2D eigenvalue weighted by Crippen LogP contribution is -2.31. The summed E-state index contributed by atoms with van der Waals surface area (Å²) in [5.41, 5.74) is 8.99. The molecule has 1 aromatic rings. The van der Waals surface area contributed by atoms with Gasteiger partial charge in [-0.1, -0.05) is 24.2 Å². The van der Waals surface area contributed by atoms with Crippen LogP contribution in [0.5, 0.6) is 5.75 Å². The van der Waals surface area contributed by atoms with E-state index in [9.17, 15) is 4.79 Å². The molecule has 1 rings (SSSR count). The molecule has 114 valence electrons. The van der Waals surface area contributed by atoms with Crippen LogP contribution in [-0.4, -0.2) is 32.8 Å². The standard InChI is InChI=1S/C14H20N4O3/c1-3-9-21-12-6-4-5-11(10-12)13(14(19)20-2)16-7-8-17-18-15/h4-6,10,13,16H,3,7-9H2,1-2H3. The number of nitrogens with one attached hydrogen (secondary N) is 1. The zero-order valence-corrected chi connectivity index (χ0v) is 12.3. The van der Waals surface area contributed by atoms with E-state index in [4.69, 9.17) is 15.0 Å². The molecule has 0 bridgehead atoms. The Morgan fingerprint density at radius 3 is 3.00 bits per heavy atom. The number of benzene rings is 1. The average Bonchev–Trinajstić information content (AvgIpc) is 2.52. The van der Waals surface area contributed by atoms with Crippen LogP contribution < -0.4 is 10.1 Å². The molecule has 0 saturated heterocycles. The van der Waals surface area contributed by atoms with Crippen LogP contribution in [0.4, 0.5) is 0 Å². The molecule has 1 N–H and O–H groups in total. The van der Waals surface area contributed by atoms with Gasteiger partial charge in [0, 0.05) is 18.0 Å². The minimum absolute atomic E-state index is 0.260. The Labute approximate surface area is 123 Å². The van der Waals surface area contributed by atoms with Gasteiger partial charge < -0.3 is 14.8 Å². The predicted octanol–water partition coefficient (Wildman–Crippen LogP) is 2.59. The minimum Gasteiger partial charge on any atom is -0.494 e. The quantitative estimate of drug-likeness (QED) is 0.249. The van der Waals surface area contributed by atoms with Gasteiger partial charge in [-0.15, -0.1) is 0 Å². The van der Waals surface area contributed by atoms with E-state index >= 15 is 0 Å². The van der Waals surface area contributed by atoms with Gasteiger partial charge in [-0.3, -0.25) is 0 Å². The molecule has 1 aromatic carbocycles. The molecule has 7 heteroatoms. The third-order valence-corrected chi connectivity index (χ3v) is 2.72. The first kappa shape index (κ1) is 16.8. The van der Waals surface area contributed by atoms with Crippen LogP contribution in [0.25, 0.3) is 10.4 Å². The summed E-state index contributed by atoms with van der Waals surface area (Å²) in [6.45, 7) is 3.29. The lowest BCUT2D eigenvalue weighted by Gasteiger charge is -2.17. The third-order valence-electron chi connectivity index (χ3n) is 2.72. The maximum atomic E-state index is 11.9. The van der Waals surface area contributed by atoms with Gasteiger partial charge in [0.1, 0.15) is 11.8 Å². The fraction of sp³-hybridized carbons (Fsp3) is 0.500. The van der Waals surface area contributed by atoms with E-state index in [0.29, 0.717) is 18.9 Å². The number of carbonyl (C=O) groups is 1. The van der Waals surface area contributed by atoms with Crippen molar-refractivity contribution in [2.45, 2.75) is 19.4 Å². The zero-order valence-electron chi connectivity index (χ0n) is 12.3. The molecule has 1 atom stereocenters. The van der Waals surface area contributed by atoms with Gasteiger partial charge in [0.15, 0.2) is 0 Å². The van der Waals surface area contributed by atoms with Crippen molar-refractivity contribution < 1.29 is 14.3 Å². The highest BCUT2D eigenvalue weighted by Crippen LogP contribution is 2.20. The SMILES string of the molecule is CCCOc1cccc(C(NCCN=[N+]=[N-])C(=O)OC)c1. The topological polar surface area (TPSA) is 96.3 Å². The van der Waals surface area contributed by atoms with E-state index in [1.165, 1.54) is 7.11 Å². The zero-order chi connectivity index (χ0) is 15.5. The smallest absolute Gasteiger partial charge is 0.327 e. The van der Waals surface area contributed by atoms with Crippen molar-refractivity contribution in [3.8, 4) is 5.75 Å². The van der Waals surface area contributed by atoms with E-state index in [0.717, 1.165) is 12.0 Å². The minimum atomic E-state index is -0.617. The van der Waals surface area contributed by atoms with Crippen LogP contribution in [0.2, 0.25) is 0 Å². The van der Waals surface area contributed by atoms with Gasteiger partial charge in [0.25, 0.3) is 0 Å². The molecule has 0 saturated carbocycles. The van der Waals surface area contributed by atoms with Crippen molar-refractivity contribution >= 4 is 5.97 Å². The lowest BCUT2D eigenvalue weighted by molar-refractivity contribution is -0.143. The highest BCUT2D eigenvalue weighted by atomic mass is 16.5. The molecular formula is C14H20N4O3. The predicted molar refractivity (Wildman–Crippen MR) is 79.0 cm³/mol. The van der Waals surface area contributed by atoms with Gasteiger partial charge in [-0.05, 0) is 29.6 Å². The molecule has 0 aliphatic carbocycles. The van der Waals surface area contributed by atoms with E-state index in [1.54, 1.807) is 6.07 Å². The Balaban J connectivity index is 2.81. The molecule has 1 unspecified atom stereocenters. The average molecular weight is 292 g/mol. The number of hydrogen-bond acceptors (Lipinski definition) is 5. The van der Waals surface area contributed by atoms with Crippen LogP contribution in [-0.2, 0) is 9.53 Å². The summed E-state index contributed by atoms with van der Waals surface area (Å²) in [6, 6.07) is 6.67. The fourth-order valence-corrected chi connectivity index (χ4v) is 1.76. The number of hydrogen-bond donors (Lipinski definition) is 1. The van der Waals surface area contributed by atoms with Crippen LogP contribution in [0.1, 0.15) is 24.9 Å². The van der Waals surface area contributed by atoms with E-state index < -0.39 is 12.0 Å². The molecule has 0 spiro atoms. The van der Waals surface area contributed by atoms with Gasteiger partial charge in [-0.2, -0.15) is 0 Å². The van der Waals surface area contributed by atoms with Gasteiger partial charge in [0.2, 0.25) is 0 Å². The highest BCUT2D eigenvalue weighted by Gasteiger charge is 2.20. The second-order valence-corrected chi connectivity index (χ2v) is 4.29. The van der Waals surface area contributed by atoms with E-state index in [2.05, 4.69) is 15.3 Å². The summed E-state index contributed by atoms with van der Waals surface area (Å²) in [7, 11) is 1.34. The second kappa shape index (κ2) is 9.63. The first-order valence-electron chi connectivity index (χ1n) is 6.77. The Bertz CT molecular complexity index is 501. The largest absolute Gasteiger partial charge is 0.494 e. The van der Waals surface area contributed by atoms with Crippen molar-refractivity contribution in [2.75, 3.05) is 26.8 Å². The van der Waals surface area contributed by atoms with Crippen LogP contribution in [0, 0.1) is 0 Å². The van der Waals surface area contributed by atoms with Crippen molar-refractivity contribution in [1.29, 1.82) is 0 Å². The summed E-state index contributed by atoms with van der Waals surface area (Å²) in [4.78, 5) is 14.5. The first-order valence-corrected chi connectivity index (χ1v) is 6.77. The van der Waals surface area contributed by atoms with Gasteiger partial charge >= 0.3 is 5.97 Å². The molecule has 0 heterocycles. The van der Waals surface area contributed by atoms with Crippen LogP contribution >= 0.6 is 0 Å². The first-order chi connectivity index (χ1) is 10.2. The Morgan fingerprint density at radius 1 is 1.52 bits per heavy atom. The summed E-state index contributed by atoms with van der Waals surface area (Å²) in [6.07, 6.45) is 0.912. The van der Waals surface area contributed by atoms with Crippen LogP contribution in [0.15, 0.2) is 29.4 Å². The Kier molecular flexibility index (Phi) is 7.71.